The minimum atomic E-state index is -0.986. The fourth-order valence-electron chi connectivity index (χ4n) is 5.69. The van der Waals surface area contributed by atoms with Crippen LogP contribution in [-0.4, -0.2) is 68.5 Å². The summed E-state index contributed by atoms with van der Waals surface area (Å²) >= 11 is 0. The third-order valence-corrected chi connectivity index (χ3v) is 8.48. The second-order valence-electron chi connectivity index (χ2n) is 12.2. The zero-order valence-corrected chi connectivity index (χ0v) is 28.4. The lowest BCUT2D eigenvalue weighted by molar-refractivity contribution is -0.268. The largest absolute Gasteiger partial charge is 0.478 e. The minimum Gasteiger partial charge on any atom is -0.478 e. The van der Waals surface area contributed by atoms with Crippen LogP contribution in [0.5, 0.6) is 0 Å². The molecule has 3 rings (SSSR count). The van der Waals surface area contributed by atoms with Crippen LogP contribution in [0.2, 0.25) is 0 Å². The predicted molar refractivity (Wildman–Crippen MR) is 179 cm³/mol. The first kappa shape index (κ1) is 37.2. The van der Waals surface area contributed by atoms with Crippen molar-refractivity contribution in [2.75, 3.05) is 33.0 Å². The predicted octanol–water partition coefficient (Wildman–Crippen LogP) is 8.35. The number of benzene rings is 2. The standard InChI is InChI=1S/C38H58O7/c1-6-11-21-41-27-33-35(42-22-12-7-2)37(44-24-14-9-4)36(43-23-13-8-3)34(45-33)32-26-30(19-20-31(32)38(39)40)25-29-17-15-28(10-5)16-18-29/h15-20,26,33-37H,6-14,21-25,27H2,1-5H3,(H,39,40)/t33-,34+,35-,36+,37+/m1/s1. The molecule has 0 aromatic heterocycles. The van der Waals surface area contributed by atoms with Gasteiger partial charge in [0.25, 0.3) is 0 Å². The van der Waals surface area contributed by atoms with Crippen LogP contribution in [0, 0.1) is 0 Å². The first-order chi connectivity index (χ1) is 22.0. The van der Waals surface area contributed by atoms with Gasteiger partial charge in [-0.2, -0.15) is 0 Å². The van der Waals surface area contributed by atoms with Gasteiger partial charge in [0, 0.05) is 26.4 Å². The number of aromatic carboxylic acids is 1. The van der Waals surface area contributed by atoms with Crippen LogP contribution in [0.15, 0.2) is 42.5 Å². The number of aryl methyl sites for hydroxylation is 1. The van der Waals surface area contributed by atoms with Crippen molar-refractivity contribution >= 4 is 5.97 Å². The quantitative estimate of drug-likeness (QED) is 0.132. The fraction of sp³-hybridized carbons (Fsp3) is 0.658. The Labute approximate surface area is 271 Å². The van der Waals surface area contributed by atoms with Gasteiger partial charge in [0.15, 0.2) is 0 Å². The van der Waals surface area contributed by atoms with E-state index in [4.69, 9.17) is 23.7 Å². The van der Waals surface area contributed by atoms with E-state index in [1.165, 1.54) is 11.1 Å². The van der Waals surface area contributed by atoms with E-state index in [0.29, 0.717) is 45.0 Å². The van der Waals surface area contributed by atoms with Crippen molar-refractivity contribution in [1.29, 1.82) is 0 Å². The number of hydrogen-bond acceptors (Lipinski definition) is 6. The molecule has 0 saturated carbocycles. The summed E-state index contributed by atoms with van der Waals surface area (Å²) in [6.45, 7) is 13.4. The van der Waals surface area contributed by atoms with E-state index in [1.54, 1.807) is 6.07 Å². The van der Waals surface area contributed by atoms with Crippen molar-refractivity contribution in [3.8, 4) is 0 Å². The summed E-state index contributed by atoms with van der Waals surface area (Å²) in [6.07, 6.45) is 6.94. The zero-order chi connectivity index (χ0) is 32.4. The summed E-state index contributed by atoms with van der Waals surface area (Å²) in [5.41, 5.74) is 4.32. The number of carboxylic acid groups (broad SMARTS) is 1. The van der Waals surface area contributed by atoms with Crippen molar-refractivity contribution in [2.45, 2.75) is 129 Å². The highest BCUT2D eigenvalue weighted by Crippen LogP contribution is 2.39. The summed E-state index contributed by atoms with van der Waals surface area (Å²) < 4.78 is 32.8. The topological polar surface area (TPSA) is 83.5 Å². The number of unbranched alkanes of at least 4 members (excludes halogenated alkanes) is 4. The summed E-state index contributed by atoms with van der Waals surface area (Å²) in [5, 5.41) is 10.4. The zero-order valence-electron chi connectivity index (χ0n) is 28.4. The van der Waals surface area contributed by atoms with E-state index in [2.05, 4.69) is 58.9 Å². The van der Waals surface area contributed by atoms with Crippen LogP contribution in [-0.2, 0) is 36.5 Å². The summed E-state index contributed by atoms with van der Waals surface area (Å²) in [5.74, 6) is -0.986. The van der Waals surface area contributed by atoms with Crippen LogP contribution < -0.4 is 0 Å². The molecule has 45 heavy (non-hydrogen) atoms. The molecule has 1 heterocycles. The molecule has 5 atom stereocenters. The van der Waals surface area contributed by atoms with Crippen molar-refractivity contribution < 1.29 is 33.6 Å². The van der Waals surface area contributed by atoms with Crippen molar-refractivity contribution in [2.24, 2.45) is 0 Å². The second-order valence-corrected chi connectivity index (χ2v) is 12.2. The molecule has 0 bridgehead atoms. The number of carboxylic acids is 1. The molecule has 252 valence electrons. The normalized spacial score (nSPS) is 21.7. The van der Waals surface area contributed by atoms with Crippen LogP contribution >= 0.6 is 0 Å². The molecular formula is C38H58O7. The highest BCUT2D eigenvalue weighted by Gasteiger charge is 2.49. The molecule has 1 aliphatic heterocycles. The summed E-state index contributed by atoms with van der Waals surface area (Å²) in [4.78, 5) is 12.7. The first-order valence-corrected chi connectivity index (χ1v) is 17.5. The van der Waals surface area contributed by atoms with Crippen molar-refractivity contribution in [3.05, 3.63) is 70.3 Å². The van der Waals surface area contributed by atoms with Crippen molar-refractivity contribution in [1.82, 2.24) is 0 Å². The summed E-state index contributed by atoms with van der Waals surface area (Å²) in [7, 11) is 0. The molecule has 7 heteroatoms. The monoisotopic (exact) mass is 626 g/mol. The Bertz CT molecular complexity index is 1100. The van der Waals surface area contributed by atoms with Gasteiger partial charge >= 0.3 is 5.97 Å². The highest BCUT2D eigenvalue weighted by molar-refractivity contribution is 5.89. The molecule has 1 aliphatic rings. The van der Waals surface area contributed by atoms with E-state index in [0.717, 1.165) is 63.4 Å². The van der Waals surface area contributed by atoms with Gasteiger partial charge in [0.1, 0.15) is 30.5 Å². The van der Waals surface area contributed by atoms with E-state index < -0.39 is 36.5 Å². The maximum Gasteiger partial charge on any atom is 0.336 e. The van der Waals surface area contributed by atoms with Gasteiger partial charge in [0.2, 0.25) is 0 Å². The van der Waals surface area contributed by atoms with E-state index in [1.807, 2.05) is 12.1 Å². The molecule has 1 N–H and O–H groups in total. The Balaban J connectivity index is 2.07. The van der Waals surface area contributed by atoms with Gasteiger partial charge in [-0.05, 0) is 66.8 Å². The second kappa shape index (κ2) is 20.8. The lowest BCUT2D eigenvalue weighted by Gasteiger charge is -2.46. The molecule has 0 unspecified atom stereocenters. The van der Waals surface area contributed by atoms with Gasteiger partial charge in [-0.3, -0.25) is 0 Å². The lowest BCUT2D eigenvalue weighted by Crippen LogP contribution is -2.58. The van der Waals surface area contributed by atoms with Crippen LogP contribution in [0.3, 0.4) is 0 Å². The molecule has 2 aromatic carbocycles. The highest BCUT2D eigenvalue weighted by atomic mass is 16.6. The SMILES string of the molecule is CCCCOC[C@H]1O[C@@H](c2cc(Cc3ccc(CC)cc3)ccc2C(=O)O)[C@H](OCCCC)[C@@H](OCCCC)[C@@H]1OCCCC. The van der Waals surface area contributed by atoms with Gasteiger partial charge in [-0.15, -0.1) is 0 Å². The number of rotatable bonds is 22. The molecule has 0 amide bonds. The van der Waals surface area contributed by atoms with Crippen LogP contribution in [0.1, 0.15) is 125 Å². The molecule has 0 radical (unpaired) electrons. The van der Waals surface area contributed by atoms with Crippen LogP contribution in [0.25, 0.3) is 0 Å². The van der Waals surface area contributed by atoms with Crippen molar-refractivity contribution in [3.63, 3.8) is 0 Å². The molecular weight excluding hydrogens is 568 g/mol. The third kappa shape index (κ3) is 11.5. The van der Waals surface area contributed by atoms with Gasteiger partial charge in [-0.1, -0.05) is 96.7 Å². The molecule has 1 fully saturated rings. The Kier molecular flexibility index (Phi) is 17.1. The lowest BCUT2D eigenvalue weighted by atomic mass is 9.87. The van der Waals surface area contributed by atoms with E-state index >= 15 is 0 Å². The van der Waals surface area contributed by atoms with E-state index in [-0.39, 0.29) is 5.56 Å². The Morgan fingerprint density at radius 1 is 0.689 bits per heavy atom. The van der Waals surface area contributed by atoms with Gasteiger partial charge in [0.05, 0.1) is 12.2 Å². The smallest absolute Gasteiger partial charge is 0.336 e. The average molecular weight is 627 g/mol. The number of hydrogen-bond donors (Lipinski definition) is 1. The first-order valence-electron chi connectivity index (χ1n) is 17.5. The number of ether oxygens (including phenoxy) is 5. The Morgan fingerprint density at radius 3 is 1.80 bits per heavy atom. The molecule has 1 saturated heterocycles. The molecule has 7 nitrogen and oxygen atoms in total. The molecule has 0 spiro atoms. The minimum absolute atomic E-state index is 0.220. The maximum atomic E-state index is 12.7. The molecule has 2 aromatic rings. The Morgan fingerprint density at radius 2 is 1.22 bits per heavy atom. The van der Waals surface area contributed by atoms with Gasteiger partial charge < -0.3 is 28.8 Å². The van der Waals surface area contributed by atoms with E-state index in [9.17, 15) is 9.90 Å². The maximum absolute atomic E-state index is 12.7. The third-order valence-electron chi connectivity index (χ3n) is 8.48. The molecule has 0 aliphatic carbocycles. The number of carbonyl (C=O) groups is 1. The fourth-order valence-corrected chi connectivity index (χ4v) is 5.69. The summed E-state index contributed by atoms with van der Waals surface area (Å²) in [6, 6.07) is 14.2. The van der Waals surface area contributed by atoms with Crippen LogP contribution in [0.4, 0.5) is 0 Å². The Hall–Kier alpha value is -2.29. The van der Waals surface area contributed by atoms with Gasteiger partial charge in [-0.25, -0.2) is 4.79 Å². The average Bonchev–Trinajstić information content (AvgIpc) is 3.05.